The maximum Gasteiger partial charge on any atom is 0.123 e. The molecular weight excluding hydrogens is 217 g/mol. The predicted octanol–water partition coefficient (Wildman–Crippen LogP) is 1.80. The number of hydrogen-bond donors (Lipinski definition) is 1. The molecule has 0 unspecified atom stereocenters. The second kappa shape index (κ2) is 5.10. The summed E-state index contributed by atoms with van der Waals surface area (Å²) in [4.78, 5) is 4.31. The van der Waals surface area contributed by atoms with Gasteiger partial charge < -0.3 is 10.3 Å². The van der Waals surface area contributed by atoms with E-state index in [9.17, 15) is 4.39 Å². The van der Waals surface area contributed by atoms with Gasteiger partial charge in [0.05, 0.1) is 17.7 Å². The molecule has 2 rings (SSSR count). The predicted molar refractivity (Wildman–Crippen MR) is 64.9 cm³/mol. The van der Waals surface area contributed by atoms with E-state index in [1.165, 1.54) is 6.07 Å². The molecule has 1 heterocycles. The summed E-state index contributed by atoms with van der Waals surface area (Å²) in [7, 11) is 1.93. The number of aromatic nitrogens is 2. The topological polar surface area (TPSA) is 43.8 Å². The van der Waals surface area contributed by atoms with E-state index in [1.807, 2.05) is 17.7 Å². The largest absolute Gasteiger partial charge is 0.336 e. The normalized spacial score (nSPS) is 10.8. The molecule has 2 aromatic rings. The highest BCUT2D eigenvalue weighted by molar-refractivity contribution is 5.19. The Bertz CT molecular complexity index is 505. The van der Waals surface area contributed by atoms with Crippen molar-refractivity contribution < 1.29 is 4.39 Å². The Morgan fingerprint density at radius 2 is 2.18 bits per heavy atom. The van der Waals surface area contributed by atoms with Gasteiger partial charge in [0, 0.05) is 13.6 Å². The van der Waals surface area contributed by atoms with Crippen LogP contribution in [0, 0.1) is 5.82 Å². The van der Waals surface area contributed by atoms with Crippen LogP contribution in [-0.2, 0) is 26.4 Å². The zero-order chi connectivity index (χ0) is 12.3. The SMILES string of the molecule is Cn1cnc(CCc2cccc(F)c2)c1CN. The third kappa shape index (κ3) is 2.71. The van der Waals surface area contributed by atoms with Crippen LogP contribution in [-0.4, -0.2) is 9.55 Å². The molecule has 0 atom stereocenters. The van der Waals surface area contributed by atoms with Gasteiger partial charge in [0.1, 0.15) is 5.82 Å². The summed E-state index contributed by atoms with van der Waals surface area (Å²) >= 11 is 0. The van der Waals surface area contributed by atoms with Gasteiger partial charge in [-0.15, -0.1) is 0 Å². The Morgan fingerprint density at radius 3 is 2.88 bits per heavy atom. The number of nitrogens with zero attached hydrogens (tertiary/aromatic N) is 2. The first-order chi connectivity index (χ1) is 8.20. The van der Waals surface area contributed by atoms with Crippen LogP contribution < -0.4 is 5.73 Å². The smallest absolute Gasteiger partial charge is 0.123 e. The Balaban J connectivity index is 2.07. The Kier molecular flexibility index (Phi) is 3.54. The highest BCUT2D eigenvalue weighted by Gasteiger charge is 2.07. The molecule has 3 nitrogen and oxygen atoms in total. The van der Waals surface area contributed by atoms with Crippen molar-refractivity contribution in [3.05, 3.63) is 53.4 Å². The standard InChI is InChI=1S/C13H16FN3/c1-17-9-16-12(13(17)8-15)6-5-10-3-2-4-11(14)7-10/h2-4,7,9H,5-6,8,15H2,1H3. The van der Waals surface area contributed by atoms with Crippen LogP contribution in [0.25, 0.3) is 0 Å². The van der Waals surface area contributed by atoms with Crippen molar-refractivity contribution in [1.29, 1.82) is 0 Å². The molecule has 0 fully saturated rings. The highest BCUT2D eigenvalue weighted by atomic mass is 19.1. The quantitative estimate of drug-likeness (QED) is 0.875. The number of nitrogens with two attached hydrogens (primary N) is 1. The van der Waals surface area contributed by atoms with Crippen molar-refractivity contribution >= 4 is 0 Å². The third-order valence-electron chi connectivity index (χ3n) is 2.88. The second-order valence-corrected chi connectivity index (χ2v) is 4.08. The number of imidazole rings is 1. The zero-order valence-corrected chi connectivity index (χ0v) is 9.86. The summed E-state index contributed by atoms with van der Waals surface area (Å²) in [6.07, 6.45) is 3.34. The third-order valence-corrected chi connectivity index (χ3v) is 2.88. The summed E-state index contributed by atoms with van der Waals surface area (Å²) in [6, 6.07) is 6.67. The molecule has 1 aromatic carbocycles. The van der Waals surface area contributed by atoms with Gasteiger partial charge in [0.15, 0.2) is 0 Å². The van der Waals surface area contributed by atoms with Gasteiger partial charge in [-0.25, -0.2) is 9.37 Å². The van der Waals surface area contributed by atoms with Crippen LogP contribution in [0.5, 0.6) is 0 Å². The second-order valence-electron chi connectivity index (χ2n) is 4.08. The first-order valence-electron chi connectivity index (χ1n) is 5.64. The van der Waals surface area contributed by atoms with Crippen LogP contribution in [0.1, 0.15) is 17.0 Å². The molecule has 0 saturated heterocycles. The molecule has 17 heavy (non-hydrogen) atoms. The molecule has 2 N–H and O–H groups in total. The summed E-state index contributed by atoms with van der Waals surface area (Å²) in [5, 5.41) is 0. The van der Waals surface area contributed by atoms with E-state index in [4.69, 9.17) is 5.73 Å². The molecule has 0 saturated carbocycles. The van der Waals surface area contributed by atoms with Crippen molar-refractivity contribution in [2.24, 2.45) is 12.8 Å². The fourth-order valence-corrected chi connectivity index (χ4v) is 1.93. The Hall–Kier alpha value is -1.68. The molecule has 0 spiro atoms. The minimum atomic E-state index is -0.192. The van der Waals surface area contributed by atoms with Crippen molar-refractivity contribution in [1.82, 2.24) is 9.55 Å². The van der Waals surface area contributed by atoms with E-state index in [1.54, 1.807) is 18.5 Å². The van der Waals surface area contributed by atoms with Crippen molar-refractivity contribution in [3.8, 4) is 0 Å². The van der Waals surface area contributed by atoms with E-state index < -0.39 is 0 Å². The van der Waals surface area contributed by atoms with E-state index >= 15 is 0 Å². The van der Waals surface area contributed by atoms with Gasteiger partial charge >= 0.3 is 0 Å². The summed E-state index contributed by atoms with van der Waals surface area (Å²) < 4.78 is 14.9. The van der Waals surface area contributed by atoms with Crippen LogP contribution >= 0.6 is 0 Å². The van der Waals surface area contributed by atoms with E-state index in [0.29, 0.717) is 6.54 Å². The summed E-state index contributed by atoms with van der Waals surface area (Å²) in [5.41, 5.74) is 8.70. The monoisotopic (exact) mass is 233 g/mol. The minimum absolute atomic E-state index is 0.192. The highest BCUT2D eigenvalue weighted by Crippen LogP contribution is 2.11. The van der Waals surface area contributed by atoms with Crippen molar-refractivity contribution in [3.63, 3.8) is 0 Å². The van der Waals surface area contributed by atoms with Gasteiger partial charge in [0.2, 0.25) is 0 Å². The molecule has 4 heteroatoms. The number of aryl methyl sites for hydroxylation is 3. The van der Waals surface area contributed by atoms with Crippen molar-refractivity contribution in [2.75, 3.05) is 0 Å². The lowest BCUT2D eigenvalue weighted by Gasteiger charge is -2.03. The molecule has 0 aliphatic heterocycles. The lowest BCUT2D eigenvalue weighted by molar-refractivity contribution is 0.625. The van der Waals surface area contributed by atoms with Crippen molar-refractivity contribution in [2.45, 2.75) is 19.4 Å². The zero-order valence-electron chi connectivity index (χ0n) is 9.86. The van der Waals surface area contributed by atoms with Gasteiger partial charge in [-0.1, -0.05) is 12.1 Å². The maximum atomic E-state index is 13.0. The number of benzene rings is 1. The molecule has 0 aliphatic rings. The van der Waals surface area contributed by atoms with E-state index in [2.05, 4.69) is 4.98 Å². The number of hydrogen-bond acceptors (Lipinski definition) is 2. The van der Waals surface area contributed by atoms with Gasteiger partial charge in [0.25, 0.3) is 0 Å². The Morgan fingerprint density at radius 1 is 1.35 bits per heavy atom. The Labute approximate surface area is 100 Å². The maximum absolute atomic E-state index is 13.0. The lowest BCUT2D eigenvalue weighted by atomic mass is 10.1. The summed E-state index contributed by atoms with van der Waals surface area (Å²) in [5.74, 6) is -0.192. The summed E-state index contributed by atoms with van der Waals surface area (Å²) in [6.45, 7) is 0.481. The molecule has 0 bridgehead atoms. The number of rotatable bonds is 4. The van der Waals surface area contributed by atoms with Gasteiger partial charge in [-0.05, 0) is 30.5 Å². The molecule has 1 aromatic heterocycles. The number of halogens is 1. The average Bonchev–Trinajstić information content (AvgIpc) is 2.67. The van der Waals surface area contributed by atoms with Crippen LogP contribution in [0.15, 0.2) is 30.6 Å². The lowest BCUT2D eigenvalue weighted by Crippen LogP contribution is -2.06. The van der Waals surface area contributed by atoms with E-state index in [-0.39, 0.29) is 5.82 Å². The molecule has 0 aliphatic carbocycles. The molecular formula is C13H16FN3. The first-order valence-corrected chi connectivity index (χ1v) is 5.64. The minimum Gasteiger partial charge on any atom is -0.336 e. The molecule has 90 valence electrons. The molecule has 0 amide bonds. The van der Waals surface area contributed by atoms with Crippen LogP contribution in [0.3, 0.4) is 0 Å². The van der Waals surface area contributed by atoms with Crippen LogP contribution in [0.4, 0.5) is 4.39 Å². The fourth-order valence-electron chi connectivity index (χ4n) is 1.93. The van der Waals surface area contributed by atoms with Crippen LogP contribution in [0.2, 0.25) is 0 Å². The first kappa shape index (κ1) is 11.8. The van der Waals surface area contributed by atoms with E-state index in [0.717, 1.165) is 29.8 Å². The average molecular weight is 233 g/mol. The van der Waals surface area contributed by atoms with Gasteiger partial charge in [-0.2, -0.15) is 0 Å². The fraction of sp³-hybridized carbons (Fsp3) is 0.308. The molecule has 0 radical (unpaired) electrons. The van der Waals surface area contributed by atoms with Gasteiger partial charge in [-0.3, -0.25) is 0 Å².